The van der Waals surface area contributed by atoms with Crippen molar-refractivity contribution in [2.24, 2.45) is 5.41 Å². The number of carbonyl (C=O) groups is 1. The first-order valence-corrected chi connectivity index (χ1v) is 14.4. The quantitative estimate of drug-likeness (QED) is 0.287. The molecular weight excluding hydrogens is 603 g/mol. The number of fused-ring (bicyclic) bond motifs is 1. The molecule has 238 valence electrons. The van der Waals surface area contributed by atoms with Gasteiger partial charge in [0.25, 0.3) is 12.3 Å². The summed E-state index contributed by atoms with van der Waals surface area (Å²) in [6.45, 7) is 3.62. The van der Waals surface area contributed by atoms with Crippen molar-refractivity contribution in [3.8, 4) is 11.4 Å². The van der Waals surface area contributed by atoms with Gasteiger partial charge in [-0.15, -0.1) is 0 Å². The zero-order chi connectivity index (χ0) is 31.9. The van der Waals surface area contributed by atoms with Gasteiger partial charge in [0.15, 0.2) is 0 Å². The number of rotatable bonds is 7. The minimum Gasteiger partial charge on any atom is -0.384 e. The van der Waals surface area contributed by atoms with Gasteiger partial charge < -0.3 is 19.8 Å². The Morgan fingerprint density at radius 2 is 1.98 bits per heavy atom. The van der Waals surface area contributed by atoms with Crippen LogP contribution in [0.2, 0.25) is 0 Å². The van der Waals surface area contributed by atoms with Crippen molar-refractivity contribution in [3.63, 3.8) is 0 Å². The van der Waals surface area contributed by atoms with Gasteiger partial charge in [-0.05, 0) is 44.9 Å². The fourth-order valence-corrected chi connectivity index (χ4v) is 6.80. The zero-order valence-corrected chi connectivity index (χ0v) is 24.2. The Kier molecular flexibility index (Phi) is 6.67. The average Bonchev–Trinajstić information content (AvgIpc) is 3.59. The van der Waals surface area contributed by atoms with Crippen LogP contribution >= 0.6 is 0 Å². The van der Waals surface area contributed by atoms with E-state index in [9.17, 15) is 31.9 Å². The van der Waals surface area contributed by atoms with Crippen LogP contribution in [0.3, 0.4) is 0 Å². The summed E-state index contributed by atoms with van der Waals surface area (Å²) >= 11 is 0. The maximum Gasteiger partial charge on any atom is 0.401 e. The summed E-state index contributed by atoms with van der Waals surface area (Å²) in [5.41, 5.74) is 0.807. The third kappa shape index (κ3) is 5.18. The second kappa shape index (κ2) is 10.2. The van der Waals surface area contributed by atoms with Gasteiger partial charge >= 0.3 is 6.18 Å². The molecule has 1 saturated carbocycles. The molecule has 45 heavy (non-hydrogen) atoms. The lowest BCUT2D eigenvalue weighted by molar-refractivity contribution is -0.209. The first-order valence-electron chi connectivity index (χ1n) is 14.4. The second-order valence-electron chi connectivity index (χ2n) is 12.5. The molecule has 2 N–H and O–H groups in total. The highest BCUT2D eigenvalue weighted by molar-refractivity contribution is 6.09. The molecule has 6 heterocycles. The number of aliphatic hydroxyl groups is 1. The third-order valence-electron chi connectivity index (χ3n) is 9.26. The summed E-state index contributed by atoms with van der Waals surface area (Å²) in [6.07, 6.45) is -2.24. The number of carbonyl (C=O) groups excluding carboxylic acids is 1. The van der Waals surface area contributed by atoms with Crippen LogP contribution in [-0.2, 0) is 0 Å². The van der Waals surface area contributed by atoms with Gasteiger partial charge in [0.1, 0.15) is 5.60 Å². The normalized spacial score (nSPS) is 22.4. The highest BCUT2D eigenvalue weighted by Gasteiger charge is 2.63. The summed E-state index contributed by atoms with van der Waals surface area (Å²) in [4.78, 5) is 25.5. The summed E-state index contributed by atoms with van der Waals surface area (Å²) in [5.74, 6) is -0.338. The largest absolute Gasteiger partial charge is 0.401 e. The molecule has 4 aromatic heterocycles. The first-order chi connectivity index (χ1) is 21.2. The van der Waals surface area contributed by atoms with E-state index in [0.717, 1.165) is 5.69 Å². The van der Waals surface area contributed by atoms with Crippen LogP contribution in [0.1, 0.15) is 47.6 Å². The van der Waals surface area contributed by atoms with Crippen molar-refractivity contribution in [1.29, 1.82) is 0 Å². The number of aromatic nitrogens is 5. The summed E-state index contributed by atoms with van der Waals surface area (Å²) in [7, 11) is 0. The number of likely N-dealkylation sites (tertiary alicyclic amines) is 1. The van der Waals surface area contributed by atoms with E-state index in [4.69, 9.17) is 4.52 Å². The van der Waals surface area contributed by atoms with Gasteiger partial charge in [-0.1, -0.05) is 5.16 Å². The van der Waals surface area contributed by atoms with E-state index in [2.05, 4.69) is 25.5 Å². The highest BCUT2D eigenvalue weighted by Crippen LogP contribution is 2.57. The first kappa shape index (κ1) is 29.5. The van der Waals surface area contributed by atoms with Crippen molar-refractivity contribution in [2.45, 2.75) is 56.9 Å². The topological polar surface area (TPSA) is 125 Å². The Morgan fingerprint density at radius 1 is 1.22 bits per heavy atom. The standard InChI is InChI=1S/C29H29F5N8O3/c1-15-21(5-17(7-35-15)23-38-25(45-39-23)20-9-40(16(20)2)14-29(32,33)34)37-24(43)19-8-36-42-4-3-18(6-22(19)42)41-12-27(13-41)10-28(44,11-27)26(30)31/h3-8,16,20,26,44H,9-14H2,1-2H3,(H,37,43)/t16-,20+/m0/s1. The van der Waals surface area contributed by atoms with Gasteiger partial charge in [0, 0.05) is 54.7 Å². The molecule has 11 nitrogen and oxygen atoms in total. The summed E-state index contributed by atoms with van der Waals surface area (Å²) < 4.78 is 71.4. The molecule has 0 bridgehead atoms. The summed E-state index contributed by atoms with van der Waals surface area (Å²) in [5, 5.41) is 21.1. The van der Waals surface area contributed by atoms with E-state index in [0.29, 0.717) is 41.1 Å². The van der Waals surface area contributed by atoms with Gasteiger partial charge in [-0.2, -0.15) is 23.3 Å². The molecule has 16 heteroatoms. The molecule has 4 aromatic rings. The molecule has 0 radical (unpaired) electrons. The van der Waals surface area contributed by atoms with Gasteiger partial charge in [-0.25, -0.2) is 13.3 Å². The average molecular weight is 633 g/mol. The fraction of sp³-hybridized carbons (Fsp3) is 0.483. The third-order valence-corrected chi connectivity index (χ3v) is 9.26. The van der Waals surface area contributed by atoms with E-state index in [-0.39, 0.29) is 42.4 Å². The Hall–Kier alpha value is -4.18. The zero-order valence-electron chi connectivity index (χ0n) is 24.2. The van der Waals surface area contributed by atoms with Crippen LogP contribution in [-0.4, -0.2) is 91.1 Å². The molecule has 1 spiro atoms. The van der Waals surface area contributed by atoms with Crippen molar-refractivity contribution in [3.05, 3.63) is 53.9 Å². The van der Waals surface area contributed by atoms with E-state index in [1.807, 2.05) is 17.0 Å². The van der Waals surface area contributed by atoms with E-state index < -0.39 is 36.7 Å². The molecule has 2 saturated heterocycles. The molecule has 7 rings (SSSR count). The number of nitrogens with zero attached hydrogens (tertiary/aromatic N) is 7. The lowest BCUT2D eigenvalue weighted by Gasteiger charge is -2.62. The number of hydrogen-bond donors (Lipinski definition) is 2. The van der Waals surface area contributed by atoms with Crippen molar-refractivity contribution in [2.75, 3.05) is 36.4 Å². The molecule has 1 amide bonds. The molecule has 3 fully saturated rings. The monoisotopic (exact) mass is 632 g/mol. The van der Waals surface area contributed by atoms with E-state index in [1.54, 1.807) is 30.6 Å². The van der Waals surface area contributed by atoms with Crippen molar-refractivity contribution in [1.82, 2.24) is 29.6 Å². The van der Waals surface area contributed by atoms with E-state index >= 15 is 0 Å². The number of hydrogen-bond acceptors (Lipinski definition) is 9. The van der Waals surface area contributed by atoms with Crippen LogP contribution in [0.4, 0.5) is 33.3 Å². The maximum absolute atomic E-state index is 13.4. The predicted octanol–water partition coefficient (Wildman–Crippen LogP) is 4.29. The number of anilines is 2. The van der Waals surface area contributed by atoms with Crippen LogP contribution in [0.25, 0.3) is 16.9 Å². The minimum atomic E-state index is -4.29. The predicted molar refractivity (Wildman–Crippen MR) is 150 cm³/mol. The number of nitrogens with one attached hydrogen (secondary N) is 1. The van der Waals surface area contributed by atoms with Gasteiger partial charge in [-0.3, -0.25) is 14.7 Å². The lowest BCUT2D eigenvalue weighted by Crippen LogP contribution is -2.70. The van der Waals surface area contributed by atoms with Crippen LogP contribution in [0.5, 0.6) is 0 Å². The SMILES string of the molecule is Cc1ncc(-c2noc([C@@H]3CN(CC(F)(F)F)[C@H]3C)n2)cc1NC(=O)c1cnn2ccc(N3CC4(C3)CC(O)(C(F)F)C4)cc12. The van der Waals surface area contributed by atoms with Gasteiger partial charge in [0.05, 0.1) is 41.1 Å². The minimum absolute atomic E-state index is 0.0641. The molecule has 0 aromatic carbocycles. The number of halogens is 5. The Balaban J connectivity index is 1.04. The molecule has 3 aliphatic rings. The van der Waals surface area contributed by atoms with Crippen LogP contribution in [0.15, 0.2) is 41.3 Å². The number of aryl methyl sites for hydroxylation is 1. The molecular formula is C29H29F5N8O3. The molecule has 1 aliphatic carbocycles. The number of alkyl halides is 5. The highest BCUT2D eigenvalue weighted by atomic mass is 19.4. The molecule has 2 aliphatic heterocycles. The Morgan fingerprint density at radius 3 is 2.67 bits per heavy atom. The smallest absolute Gasteiger partial charge is 0.384 e. The Labute approximate surface area is 253 Å². The molecule has 0 unspecified atom stereocenters. The van der Waals surface area contributed by atoms with E-state index in [1.165, 1.54) is 17.3 Å². The maximum atomic E-state index is 13.4. The lowest BCUT2D eigenvalue weighted by atomic mass is 9.55. The Bertz CT molecular complexity index is 1770. The molecule has 2 atom stereocenters. The van der Waals surface area contributed by atoms with Crippen molar-refractivity contribution < 1.29 is 36.4 Å². The van der Waals surface area contributed by atoms with Crippen molar-refractivity contribution >= 4 is 22.8 Å². The van der Waals surface area contributed by atoms with Crippen LogP contribution < -0.4 is 10.2 Å². The number of amides is 1. The fourth-order valence-electron chi connectivity index (χ4n) is 6.80. The second-order valence-corrected chi connectivity index (χ2v) is 12.5. The summed E-state index contributed by atoms with van der Waals surface area (Å²) in [6, 6.07) is 4.88. The van der Waals surface area contributed by atoms with Gasteiger partial charge in [0.2, 0.25) is 11.7 Å². The number of pyridine rings is 2. The van der Waals surface area contributed by atoms with Crippen LogP contribution in [0, 0.1) is 12.3 Å².